The van der Waals surface area contributed by atoms with E-state index < -0.39 is 0 Å². The number of carbonyl (C=O) groups is 2. The molecule has 12 heteroatoms. The molecule has 0 aliphatic heterocycles. The van der Waals surface area contributed by atoms with E-state index in [1.54, 1.807) is 30.8 Å². The van der Waals surface area contributed by atoms with Gasteiger partial charge < -0.3 is 15.4 Å². The molecule has 0 aliphatic carbocycles. The van der Waals surface area contributed by atoms with Crippen molar-refractivity contribution in [2.45, 2.75) is 33.7 Å². The van der Waals surface area contributed by atoms with Crippen molar-refractivity contribution in [3.63, 3.8) is 0 Å². The monoisotopic (exact) mass is 515 g/mol. The molecular formula is C23H26ClN7O3S. The molecular weight excluding hydrogens is 490 g/mol. The lowest BCUT2D eigenvalue weighted by Crippen LogP contribution is -2.15. The van der Waals surface area contributed by atoms with Crippen LogP contribution < -0.4 is 10.6 Å². The molecule has 0 spiro atoms. The molecule has 0 bridgehead atoms. The van der Waals surface area contributed by atoms with E-state index in [1.165, 1.54) is 17.5 Å². The second-order valence-electron chi connectivity index (χ2n) is 7.96. The highest BCUT2D eigenvalue weighted by Gasteiger charge is 2.21. The van der Waals surface area contributed by atoms with Gasteiger partial charge in [0.05, 0.1) is 58.7 Å². The SMILES string of the molecule is COCCn1nc(C)c(-c2cn3ncc(C(=O)Nc4cc(NC(=O)CCCl)cnc4C)c3s2)c1C. The quantitative estimate of drug-likeness (QED) is 0.325. The second-order valence-corrected chi connectivity index (χ2v) is 9.37. The highest BCUT2D eigenvalue weighted by molar-refractivity contribution is 7.21. The maximum atomic E-state index is 13.2. The van der Waals surface area contributed by atoms with Crippen molar-refractivity contribution in [3.05, 3.63) is 47.3 Å². The highest BCUT2D eigenvalue weighted by atomic mass is 35.5. The van der Waals surface area contributed by atoms with Crippen LogP contribution in [0.3, 0.4) is 0 Å². The first-order valence-electron chi connectivity index (χ1n) is 11.0. The zero-order chi connectivity index (χ0) is 25.1. The topological polar surface area (TPSA) is 115 Å². The number of carbonyl (C=O) groups excluding carboxylic acids is 2. The first kappa shape index (κ1) is 24.8. The summed E-state index contributed by atoms with van der Waals surface area (Å²) in [4.78, 5) is 31.0. The van der Waals surface area contributed by atoms with Gasteiger partial charge in [0.1, 0.15) is 4.83 Å². The number of aromatic nitrogens is 5. The third-order valence-corrected chi connectivity index (χ3v) is 6.83. The number of hydrogen-bond donors (Lipinski definition) is 2. The number of alkyl halides is 1. The van der Waals surface area contributed by atoms with E-state index in [4.69, 9.17) is 16.3 Å². The van der Waals surface area contributed by atoms with Crippen molar-refractivity contribution in [3.8, 4) is 10.4 Å². The number of fused-ring (bicyclic) bond motifs is 1. The fourth-order valence-electron chi connectivity index (χ4n) is 3.73. The van der Waals surface area contributed by atoms with Gasteiger partial charge in [-0.1, -0.05) is 0 Å². The third-order valence-electron chi connectivity index (χ3n) is 5.52. The molecule has 4 rings (SSSR count). The van der Waals surface area contributed by atoms with Crippen LogP contribution in [-0.4, -0.2) is 55.8 Å². The summed E-state index contributed by atoms with van der Waals surface area (Å²) in [5, 5.41) is 14.6. The number of hydrogen-bond acceptors (Lipinski definition) is 7. The van der Waals surface area contributed by atoms with E-state index in [0.29, 0.717) is 35.8 Å². The van der Waals surface area contributed by atoms with Crippen LogP contribution >= 0.6 is 22.9 Å². The lowest BCUT2D eigenvalue weighted by molar-refractivity contribution is -0.115. The molecule has 0 radical (unpaired) electrons. The largest absolute Gasteiger partial charge is 0.383 e. The Morgan fingerprint density at radius 1 is 1.17 bits per heavy atom. The van der Waals surface area contributed by atoms with E-state index in [9.17, 15) is 9.59 Å². The van der Waals surface area contributed by atoms with Crippen molar-refractivity contribution >= 4 is 51.0 Å². The van der Waals surface area contributed by atoms with Gasteiger partial charge in [0.25, 0.3) is 5.91 Å². The zero-order valence-corrected chi connectivity index (χ0v) is 21.5. The molecule has 0 saturated carbocycles. The van der Waals surface area contributed by atoms with Gasteiger partial charge in [0.15, 0.2) is 0 Å². The Morgan fingerprint density at radius 2 is 1.97 bits per heavy atom. The Balaban J connectivity index is 1.59. The Kier molecular flexibility index (Phi) is 7.48. The van der Waals surface area contributed by atoms with Crippen molar-refractivity contribution in [1.82, 2.24) is 24.4 Å². The van der Waals surface area contributed by atoms with Crippen LogP contribution in [0.1, 0.15) is 33.9 Å². The number of ether oxygens (including phenoxy) is 1. The molecule has 4 heterocycles. The van der Waals surface area contributed by atoms with Gasteiger partial charge in [-0.05, 0) is 26.8 Å². The molecule has 35 heavy (non-hydrogen) atoms. The Hall–Kier alpha value is -3.28. The van der Waals surface area contributed by atoms with Gasteiger partial charge in [-0.15, -0.1) is 22.9 Å². The average molecular weight is 516 g/mol. The summed E-state index contributed by atoms with van der Waals surface area (Å²) in [6, 6.07) is 1.67. The number of nitrogens with one attached hydrogen (secondary N) is 2. The van der Waals surface area contributed by atoms with Crippen molar-refractivity contribution in [2.24, 2.45) is 0 Å². The Morgan fingerprint density at radius 3 is 2.71 bits per heavy atom. The molecule has 4 aromatic rings. The molecule has 2 N–H and O–H groups in total. The summed E-state index contributed by atoms with van der Waals surface area (Å²) in [7, 11) is 1.67. The molecule has 0 saturated heterocycles. The number of thiazole rings is 1. The molecule has 0 unspecified atom stereocenters. The molecule has 0 aromatic carbocycles. The van der Waals surface area contributed by atoms with E-state index in [2.05, 4.69) is 25.8 Å². The second kappa shape index (κ2) is 10.5. The Labute approximate surface area is 211 Å². The highest BCUT2D eigenvalue weighted by Crippen LogP contribution is 2.34. The van der Waals surface area contributed by atoms with Crippen LogP contribution in [0.4, 0.5) is 11.4 Å². The van der Waals surface area contributed by atoms with Crippen molar-refractivity contribution in [2.75, 3.05) is 30.2 Å². The number of amides is 2. The maximum absolute atomic E-state index is 13.2. The molecule has 0 atom stereocenters. The van der Waals surface area contributed by atoms with Gasteiger partial charge in [0, 0.05) is 36.9 Å². The minimum atomic E-state index is -0.313. The maximum Gasteiger partial charge on any atom is 0.260 e. The number of aryl methyl sites for hydroxylation is 2. The minimum Gasteiger partial charge on any atom is -0.383 e. The van der Waals surface area contributed by atoms with E-state index >= 15 is 0 Å². The first-order valence-corrected chi connectivity index (χ1v) is 12.3. The van der Waals surface area contributed by atoms with Gasteiger partial charge in [0.2, 0.25) is 5.91 Å². The van der Waals surface area contributed by atoms with E-state index in [0.717, 1.165) is 26.7 Å². The summed E-state index contributed by atoms with van der Waals surface area (Å²) in [5.41, 5.74) is 5.02. The standard InChI is InChI=1S/C23H26ClN7O3S/c1-13-18(9-16(10-25-13)27-20(32)5-6-24)28-22(33)17-11-26-31-12-19(35-23(17)31)21-14(2)29-30(15(21)3)7-8-34-4/h9-12H,5-8H2,1-4H3,(H,27,32)(H,28,33). The zero-order valence-electron chi connectivity index (χ0n) is 19.9. The van der Waals surface area contributed by atoms with Crippen LogP contribution in [0, 0.1) is 20.8 Å². The van der Waals surface area contributed by atoms with Gasteiger partial charge >= 0.3 is 0 Å². The first-order chi connectivity index (χ1) is 16.8. The normalized spacial score (nSPS) is 11.2. The Bertz CT molecular complexity index is 1390. The smallest absolute Gasteiger partial charge is 0.260 e. The summed E-state index contributed by atoms with van der Waals surface area (Å²) in [5.74, 6) is -0.308. The summed E-state index contributed by atoms with van der Waals surface area (Å²) in [6.07, 6.45) is 5.19. The molecule has 0 fully saturated rings. The lowest BCUT2D eigenvalue weighted by atomic mass is 10.2. The summed E-state index contributed by atoms with van der Waals surface area (Å²) >= 11 is 7.10. The van der Waals surface area contributed by atoms with E-state index in [1.807, 2.05) is 24.7 Å². The van der Waals surface area contributed by atoms with E-state index in [-0.39, 0.29) is 24.1 Å². The number of rotatable bonds is 9. The number of pyridine rings is 1. The average Bonchev–Trinajstić information content (AvgIpc) is 3.47. The minimum absolute atomic E-state index is 0.191. The predicted octanol–water partition coefficient (Wildman–Crippen LogP) is 4.05. The van der Waals surface area contributed by atoms with Crippen LogP contribution in [-0.2, 0) is 16.1 Å². The predicted molar refractivity (Wildman–Crippen MR) is 137 cm³/mol. The molecule has 0 aliphatic rings. The summed E-state index contributed by atoms with van der Waals surface area (Å²) < 4.78 is 8.81. The van der Waals surface area contributed by atoms with Gasteiger partial charge in [-0.3, -0.25) is 19.3 Å². The molecule has 4 aromatic heterocycles. The van der Waals surface area contributed by atoms with Crippen LogP contribution in [0.25, 0.3) is 15.3 Å². The van der Waals surface area contributed by atoms with Crippen LogP contribution in [0.5, 0.6) is 0 Å². The van der Waals surface area contributed by atoms with Crippen molar-refractivity contribution < 1.29 is 14.3 Å². The fourth-order valence-corrected chi connectivity index (χ4v) is 5.11. The number of anilines is 2. The molecule has 184 valence electrons. The van der Waals surface area contributed by atoms with Crippen LogP contribution in [0.2, 0.25) is 0 Å². The van der Waals surface area contributed by atoms with Gasteiger partial charge in [-0.25, -0.2) is 4.52 Å². The third kappa shape index (κ3) is 5.21. The molecule has 2 amide bonds. The summed E-state index contributed by atoms with van der Waals surface area (Å²) in [6.45, 7) is 7.01. The lowest BCUT2D eigenvalue weighted by Gasteiger charge is -2.10. The van der Waals surface area contributed by atoms with Crippen molar-refractivity contribution in [1.29, 1.82) is 0 Å². The van der Waals surface area contributed by atoms with Gasteiger partial charge in [-0.2, -0.15) is 10.2 Å². The van der Waals surface area contributed by atoms with Crippen LogP contribution in [0.15, 0.2) is 24.7 Å². The number of methoxy groups -OCH3 is 1. The number of halogens is 1. The fraction of sp³-hybridized carbons (Fsp3) is 0.348. The number of nitrogens with zero attached hydrogens (tertiary/aromatic N) is 5. The molecule has 10 nitrogen and oxygen atoms in total.